The number of carbonyl (C=O) groups is 1. The lowest BCUT2D eigenvalue weighted by Gasteiger charge is -2.11. The number of rotatable bonds is 3. The van der Waals surface area contributed by atoms with Crippen LogP contribution >= 0.6 is 15.9 Å². The van der Waals surface area contributed by atoms with Crippen LogP contribution in [0.4, 0.5) is 5.69 Å². The van der Waals surface area contributed by atoms with Gasteiger partial charge in [0, 0.05) is 11.6 Å². The minimum atomic E-state index is -1.04. The van der Waals surface area contributed by atoms with Gasteiger partial charge in [0.1, 0.15) is 10.5 Å². The van der Waals surface area contributed by atoms with E-state index in [0.717, 1.165) is 0 Å². The number of ether oxygens (including phenoxy) is 1. The van der Waals surface area contributed by atoms with Crippen LogP contribution in [0.2, 0.25) is 0 Å². The van der Waals surface area contributed by atoms with E-state index in [1.165, 1.54) is 25.3 Å². The second kappa shape index (κ2) is 5.04. The molecule has 0 radical (unpaired) electrons. The summed E-state index contributed by atoms with van der Waals surface area (Å²) >= 11 is 3.05. The molecule has 1 aromatic carbocycles. The minimum absolute atomic E-state index is 0.142. The van der Waals surface area contributed by atoms with Crippen LogP contribution in [0.25, 0.3) is 0 Å². The van der Waals surface area contributed by atoms with Gasteiger partial charge in [0.05, 0.1) is 12.0 Å². The summed E-state index contributed by atoms with van der Waals surface area (Å²) in [6.07, 6.45) is 0. The van der Waals surface area contributed by atoms with Crippen molar-refractivity contribution in [3.63, 3.8) is 0 Å². The quantitative estimate of drug-likeness (QED) is 0.517. The van der Waals surface area contributed by atoms with Crippen LogP contribution in [0.15, 0.2) is 22.7 Å². The van der Waals surface area contributed by atoms with Crippen molar-refractivity contribution in [2.24, 2.45) is 5.73 Å². The van der Waals surface area contributed by atoms with Crippen molar-refractivity contribution in [1.29, 1.82) is 0 Å². The fraction of sp³-hybridized carbons (Fsp3) is 0.222. The number of nitro groups is 1. The molecule has 1 atom stereocenters. The van der Waals surface area contributed by atoms with Gasteiger partial charge in [-0.3, -0.25) is 14.9 Å². The summed E-state index contributed by atoms with van der Waals surface area (Å²) in [6.45, 7) is 0. The van der Waals surface area contributed by atoms with Crippen molar-refractivity contribution in [2.45, 2.75) is 6.04 Å². The van der Waals surface area contributed by atoms with Crippen LogP contribution in [0.5, 0.6) is 0 Å². The zero-order chi connectivity index (χ0) is 12.3. The zero-order valence-electron chi connectivity index (χ0n) is 8.34. The molecule has 0 aromatic heterocycles. The number of methoxy groups -OCH3 is 1. The average molecular weight is 289 g/mol. The van der Waals surface area contributed by atoms with E-state index in [2.05, 4.69) is 20.7 Å². The molecule has 0 bridgehead atoms. The molecule has 1 aromatic rings. The van der Waals surface area contributed by atoms with E-state index in [-0.39, 0.29) is 10.2 Å². The van der Waals surface area contributed by atoms with E-state index in [4.69, 9.17) is 5.73 Å². The monoisotopic (exact) mass is 288 g/mol. The predicted molar refractivity (Wildman–Crippen MR) is 59.7 cm³/mol. The third-order valence-electron chi connectivity index (χ3n) is 2.00. The second-order valence-electron chi connectivity index (χ2n) is 2.94. The third kappa shape index (κ3) is 2.37. The van der Waals surface area contributed by atoms with Crippen LogP contribution in [0.3, 0.4) is 0 Å². The minimum Gasteiger partial charge on any atom is -0.468 e. The topological polar surface area (TPSA) is 95.5 Å². The Labute approximate surface area is 99.7 Å². The number of nitro benzene ring substituents is 1. The summed E-state index contributed by atoms with van der Waals surface area (Å²) in [5.74, 6) is -0.652. The molecule has 0 aliphatic rings. The smallest absolute Gasteiger partial charge is 0.327 e. The Morgan fingerprint density at radius 1 is 1.62 bits per heavy atom. The summed E-state index contributed by atoms with van der Waals surface area (Å²) in [6, 6.07) is 3.26. The molecule has 0 spiro atoms. The van der Waals surface area contributed by atoms with Crippen LogP contribution in [-0.2, 0) is 9.53 Å². The first-order chi connectivity index (χ1) is 7.49. The number of carbonyl (C=O) groups excluding carboxylic acids is 1. The van der Waals surface area contributed by atoms with Gasteiger partial charge in [-0.2, -0.15) is 0 Å². The fourth-order valence-electron chi connectivity index (χ4n) is 1.17. The molecule has 0 amide bonds. The van der Waals surface area contributed by atoms with Crippen molar-refractivity contribution in [3.05, 3.63) is 38.3 Å². The van der Waals surface area contributed by atoms with Gasteiger partial charge in [0.25, 0.3) is 5.69 Å². The molecule has 0 aliphatic carbocycles. The highest BCUT2D eigenvalue weighted by Gasteiger charge is 2.23. The molecule has 6 nitrogen and oxygen atoms in total. The average Bonchev–Trinajstić information content (AvgIpc) is 2.27. The fourth-order valence-corrected chi connectivity index (χ4v) is 1.83. The normalized spacial score (nSPS) is 11.9. The summed E-state index contributed by atoms with van der Waals surface area (Å²) in [7, 11) is 1.20. The zero-order valence-corrected chi connectivity index (χ0v) is 9.93. The number of benzene rings is 1. The molecule has 16 heavy (non-hydrogen) atoms. The standard InChI is InChI=1S/C9H9BrN2O4/c1-16-9(13)8(11)5-3-2-4-6(7(5)10)12(14)15/h2-4,8H,11H2,1H3. The number of hydrogen-bond acceptors (Lipinski definition) is 5. The maximum absolute atomic E-state index is 11.2. The lowest BCUT2D eigenvalue weighted by molar-refractivity contribution is -0.385. The third-order valence-corrected chi connectivity index (χ3v) is 2.86. The maximum Gasteiger partial charge on any atom is 0.327 e. The van der Waals surface area contributed by atoms with Crippen molar-refractivity contribution in [2.75, 3.05) is 7.11 Å². The molecule has 1 rings (SSSR count). The van der Waals surface area contributed by atoms with Gasteiger partial charge >= 0.3 is 5.97 Å². The van der Waals surface area contributed by atoms with E-state index in [1.54, 1.807) is 0 Å². The Kier molecular flexibility index (Phi) is 3.97. The van der Waals surface area contributed by atoms with Gasteiger partial charge in [-0.25, -0.2) is 0 Å². The van der Waals surface area contributed by atoms with Crippen molar-refractivity contribution in [1.82, 2.24) is 0 Å². The Morgan fingerprint density at radius 2 is 2.25 bits per heavy atom. The Morgan fingerprint density at radius 3 is 2.75 bits per heavy atom. The molecule has 0 saturated carbocycles. The van der Waals surface area contributed by atoms with E-state index in [1.807, 2.05) is 0 Å². The largest absolute Gasteiger partial charge is 0.468 e. The summed E-state index contributed by atoms with van der Waals surface area (Å²) in [4.78, 5) is 21.3. The van der Waals surface area contributed by atoms with Crippen LogP contribution in [0, 0.1) is 10.1 Å². The molecule has 0 fully saturated rings. The SMILES string of the molecule is COC(=O)C(N)c1cccc([N+](=O)[O-])c1Br. The molecule has 86 valence electrons. The van der Waals surface area contributed by atoms with E-state index >= 15 is 0 Å². The predicted octanol–water partition coefficient (Wildman–Crippen LogP) is 1.53. The molecular weight excluding hydrogens is 280 g/mol. The highest BCUT2D eigenvalue weighted by Crippen LogP contribution is 2.31. The van der Waals surface area contributed by atoms with Gasteiger partial charge in [-0.1, -0.05) is 12.1 Å². The lowest BCUT2D eigenvalue weighted by Crippen LogP contribution is -2.23. The molecule has 1 unspecified atom stereocenters. The Hall–Kier alpha value is -1.47. The number of esters is 1. The molecule has 2 N–H and O–H groups in total. The van der Waals surface area contributed by atoms with Crippen molar-refractivity contribution >= 4 is 27.6 Å². The van der Waals surface area contributed by atoms with Gasteiger partial charge in [-0.05, 0) is 15.9 Å². The lowest BCUT2D eigenvalue weighted by atomic mass is 10.1. The highest BCUT2D eigenvalue weighted by atomic mass is 79.9. The Bertz CT molecular complexity index is 436. The maximum atomic E-state index is 11.2. The highest BCUT2D eigenvalue weighted by molar-refractivity contribution is 9.10. The molecule has 0 aliphatic heterocycles. The van der Waals surface area contributed by atoms with E-state index < -0.39 is 16.9 Å². The first-order valence-corrected chi connectivity index (χ1v) is 5.04. The summed E-state index contributed by atoms with van der Waals surface area (Å²) in [5.41, 5.74) is 5.77. The number of nitrogens with two attached hydrogens (primary N) is 1. The van der Waals surface area contributed by atoms with Gasteiger partial charge < -0.3 is 10.5 Å². The van der Waals surface area contributed by atoms with Gasteiger partial charge in [0.2, 0.25) is 0 Å². The number of nitrogens with zero attached hydrogens (tertiary/aromatic N) is 1. The first-order valence-electron chi connectivity index (χ1n) is 4.25. The van der Waals surface area contributed by atoms with E-state index in [9.17, 15) is 14.9 Å². The van der Waals surface area contributed by atoms with Gasteiger partial charge in [-0.15, -0.1) is 0 Å². The van der Waals surface area contributed by atoms with Crippen molar-refractivity contribution in [3.8, 4) is 0 Å². The van der Waals surface area contributed by atoms with E-state index in [0.29, 0.717) is 5.56 Å². The van der Waals surface area contributed by atoms with Crippen LogP contribution in [-0.4, -0.2) is 18.0 Å². The molecule has 0 saturated heterocycles. The first kappa shape index (κ1) is 12.6. The summed E-state index contributed by atoms with van der Waals surface area (Å²) < 4.78 is 4.66. The van der Waals surface area contributed by atoms with Crippen LogP contribution < -0.4 is 5.73 Å². The molecule has 7 heteroatoms. The summed E-state index contributed by atoms with van der Waals surface area (Å²) in [5, 5.41) is 10.7. The number of hydrogen-bond donors (Lipinski definition) is 1. The molecule has 0 heterocycles. The van der Waals surface area contributed by atoms with Crippen LogP contribution in [0.1, 0.15) is 11.6 Å². The number of halogens is 1. The van der Waals surface area contributed by atoms with Gasteiger partial charge in [0.15, 0.2) is 0 Å². The second-order valence-corrected chi connectivity index (χ2v) is 3.73. The molecular formula is C9H9BrN2O4. The van der Waals surface area contributed by atoms with Crippen molar-refractivity contribution < 1.29 is 14.5 Å². The Balaban J connectivity index is 3.20.